The first-order valence-electron chi connectivity index (χ1n) is 11.3. The molecule has 4 aromatic carbocycles. The Kier molecular flexibility index (Phi) is 5.00. The van der Waals surface area contributed by atoms with Crippen LogP contribution in [0.4, 0.5) is 0 Å². The quantitative estimate of drug-likeness (QED) is 0.242. The lowest BCUT2D eigenvalue weighted by atomic mass is 9.86. The lowest BCUT2D eigenvalue weighted by molar-refractivity contribution is 0.786. The summed E-state index contributed by atoms with van der Waals surface area (Å²) in [4.78, 5) is 5.33. The maximum atomic E-state index is 5.33. The molecule has 0 aliphatic heterocycles. The highest BCUT2D eigenvalue weighted by Gasteiger charge is 2.24. The second kappa shape index (κ2) is 8.17. The molecule has 1 heterocycles. The summed E-state index contributed by atoms with van der Waals surface area (Å²) in [5.74, 6) is 1.37. The number of hydrogen-bond acceptors (Lipinski definition) is 1. The van der Waals surface area contributed by atoms with Crippen molar-refractivity contribution in [2.75, 3.05) is 0 Å². The zero-order valence-corrected chi connectivity index (χ0v) is 20.0. The minimum atomic E-state index is 0.411. The number of benzene rings is 4. The van der Waals surface area contributed by atoms with Crippen LogP contribution in [0.25, 0.3) is 45.0 Å². The highest BCUT2D eigenvalue weighted by Crippen LogP contribution is 2.42. The molecule has 3 heteroatoms. The van der Waals surface area contributed by atoms with Crippen molar-refractivity contribution in [2.24, 2.45) is 0 Å². The number of hydrogen-bond donors (Lipinski definition) is 0. The van der Waals surface area contributed by atoms with E-state index in [0.717, 1.165) is 39.0 Å². The van der Waals surface area contributed by atoms with Crippen molar-refractivity contribution in [3.05, 3.63) is 113 Å². The van der Waals surface area contributed by atoms with Crippen LogP contribution in [-0.4, -0.2) is 9.55 Å². The summed E-state index contributed by atoms with van der Waals surface area (Å²) in [6.07, 6.45) is 9.83. The zero-order chi connectivity index (χ0) is 22.4. The van der Waals surface area contributed by atoms with E-state index >= 15 is 0 Å². The molecule has 1 aliphatic carbocycles. The van der Waals surface area contributed by atoms with E-state index in [1.165, 1.54) is 21.9 Å². The Balaban J connectivity index is 1.83. The van der Waals surface area contributed by atoms with Crippen LogP contribution in [0.5, 0.6) is 0 Å². The maximum Gasteiger partial charge on any atom is 0.145 e. The lowest BCUT2D eigenvalue weighted by Crippen LogP contribution is -2.02. The highest BCUT2D eigenvalue weighted by molar-refractivity contribution is 9.10. The SMILES string of the molecule is CC1C/C=C/C=C\c2c1c1ccccc1c1c2nc(-c2ccccc2)n1-c1ccc(Br)cc1. The molecule has 0 amide bonds. The summed E-state index contributed by atoms with van der Waals surface area (Å²) in [6.45, 7) is 2.32. The Bertz CT molecular complexity index is 1540. The largest absolute Gasteiger partial charge is 0.292 e. The summed E-state index contributed by atoms with van der Waals surface area (Å²) in [7, 11) is 0. The first-order valence-corrected chi connectivity index (χ1v) is 12.1. The molecule has 0 saturated heterocycles. The summed E-state index contributed by atoms with van der Waals surface area (Å²) in [6, 6.07) is 27.8. The molecule has 6 rings (SSSR count). The van der Waals surface area contributed by atoms with Gasteiger partial charge in [0.2, 0.25) is 0 Å². The van der Waals surface area contributed by atoms with Crippen LogP contribution in [0, 0.1) is 0 Å². The van der Waals surface area contributed by atoms with Crippen molar-refractivity contribution in [1.29, 1.82) is 0 Å². The van der Waals surface area contributed by atoms with Crippen molar-refractivity contribution >= 4 is 43.8 Å². The van der Waals surface area contributed by atoms with E-state index in [0.29, 0.717) is 5.92 Å². The van der Waals surface area contributed by atoms with Gasteiger partial charge in [0.25, 0.3) is 0 Å². The van der Waals surface area contributed by atoms with Gasteiger partial charge in [0.05, 0.1) is 11.0 Å². The first kappa shape index (κ1) is 20.2. The van der Waals surface area contributed by atoms with E-state index in [1.807, 2.05) is 0 Å². The number of imidazole rings is 1. The van der Waals surface area contributed by atoms with Crippen molar-refractivity contribution in [3.63, 3.8) is 0 Å². The first-order chi connectivity index (χ1) is 16.2. The van der Waals surface area contributed by atoms with E-state index in [-0.39, 0.29) is 0 Å². The minimum Gasteiger partial charge on any atom is -0.292 e. The average molecular weight is 491 g/mol. The van der Waals surface area contributed by atoms with Gasteiger partial charge in [-0.15, -0.1) is 0 Å². The topological polar surface area (TPSA) is 17.8 Å². The third-order valence-corrected chi connectivity index (χ3v) is 7.03. The van der Waals surface area contributed by atoms with Crippen LogP contribution >= 0.6 is 15.9 Å². The zero-order valence-electron chi connectivity index (χ0n) is 18.4. The molecule has 0 spiro atoms. The normalized spacial score (nSPS) is 17.5. The van der Waals surface area contributed by atoms with Gasteiger partial charge in [0.15, 0.2) is 0 Å². The van der Waals surface area contributed by atoms with E-state index < -0.39 is 0 Å². The number of fused-ring (bicyclic) bond motifs is 6. The van der Waals surface area contributed by atoms with E-state index in [4.69, 9.17) is 4.98 Å². The average Bonchev–Trinajstić information content (AvgIpc) is 3.24. The van der Waals surface area contributed by atoms with Crippen LogP contribution in [0.2, 0.25) is 0 Å². The fourth-order valence-electron chi connectivity index (χ4n) is 5.01. The molecular formula is C30H23BrN2. The second-order valence-electron chi connectivity index (χ2n) is 8.61. The molecular weight excluding hydrogens is 468 g/mol. The maximum absolute atomic E-state index is 5.33. The number of rotatable bonds is 2. The fourth-order valence-corrected chi connectivity index (χ4v) is 5.27. The molecule has 1 aliphatic rings. The Morgan fingerprint density at radius 2 is 1.58 bits per heavy atom. The van der Waals surface area contributed by atoms with Gasteiger partial charge in [-0.3, -0.25) is 4.57 Å². The fraction of sp³-hybridized carbons (Fsp3) is 0.100. The lowest BCUT2D eigenvalue weighted by Gasteiger charge is -2.20. The summed E-state index contributed by atoms with van der Waals surface area (Å²) in [5.41, 5.74) is 7.05. The third kappa shape index (κ3) is 3.35. The minimum absolute atomic E-state index is 0.411. The van der Waals surface area contributed by atoms with Crippen LogP contribution in [0.15, 0.2) is 102 Å². The molecule has 0 fully saturated rings. The van der Waals surface area contributed by atoms with Gasteiger partial charge in [0.1, 0.15) is 5.82 Å². The molecule has 0 bridgehead atoms. The van der Waals surface area contributed by atoms with E-state index in [1.54, 1.807) is 0 Å². The van der Waals surface area contributed by atoms with Crippen LogP contribution < -0.4 is 0 Å². The highest BCUT2D eigenvalue weighted by atomic mass is 79.9. The van der Waals surface area contributed by atoms with E-state index in [9.17, 15) is 0 Å². The Morgan fingerprint density at radius 1 is 0.848 bits per heavy atom. The third-order valence-electron chi connectivity index (χ3n) is 6.50. The van der Waals surface area contributed by atoms with E-state index in [2.05, 4.69) is 131 Å². The summed E-state index contributed by atoms with van der Waals surface area (Å²) < 4.78 is 3.39. The smallest absolute Gasteiger partial charge is 0.145 e. The van der Waals surface area contributed by atoms with Gasteiger partial charge in [-0.1, -0.05) is 102 Å². The number of aromatic nitrogens is 2. The Labute approximate surface area is 202 Å². The van der Waals surface area contributed by atoms with Crippen LogP contribution in [0.3, 0.4) is 0 Å². The van der Waals surface area contributed by atoms with Crippen molar-refractivity contribution in [1.82, 2.24) is 9.55 Å². The summed E-state index contributed by atoms with van der Waals surface area (Å²) in [5, 5.41) is 2.55. The van der Waals surface area contributed by atoms with Gasteiger partial charge in [0, 0.05) is 26.7 Å². The van der Waals surface area contributed by atoms with Crippen LogP contribution in [-0.2, 0) is 0 Å². The predicted molar refractivity (Wildman–Crippen MR) is 143 cm³/mol. The van der Waals surface area contributed by atoms with Crippen molar-refractivity contribution < 1.29 is 0 Å². The number of allylic oxidation sites excluding steroid dienone is 3. The van der Waals surface area contributed by atoms with Gasteiger partial charge < -0.3 is 0 Å². The van der Waals surface area contributed by atoms with Crippen LogP contribution in [0.1, 0.15) is 30.4 Å². The number of halogens is 1. The van der Waals surface area contributed by atoms with Gasteiger partial charge in [-0.25, -0.2) is 4.98 Å². The molecule has 33 heavy (non-hydrogen) atoms. The molecule has 0 radical (unpaired) electrons. The van der Waals surface area contributed by atoms with Crippen molar-refractivity contribution in [2.45, 2.75) is 19.3 Å². The molecule has 160 valence electrons. The van der Waals surface area contributed by atoms with Crippen molar-refractivity contribution in [3.8, 4) is 17.1 Å². The van der Waals surface area contributed by atoms with Gasteiger partial charge in [-0.05, 0) is 47.6 Å². The molecule has 1 aromatic heterocycles. The summed E-state index contributed by atoms with van der Waals surface area (Å²) >= 11 is 3.59. The standard InChI is InChI=1S/C30H23BrN2/c1-20-10-4-2-7-15-26-27(20)24-13-8-9-14-25(24)29-28(26)32-30(21-11-5-3-6-12-21)33(29)23-18-16-22(31)17-19-23/h2-9,11-20H,10H2,1H3/b4-2+,15-7-. The molecule has 5 aromatic rings. The second-order valence-corrected chi connectivity index (χ2v) is 9.52. The predicted octanol–water partition coefficient (Wildman–Crippen LogP) is 8.68. The number of nitrogens with zero attached hydrogens (tertiary/aromatic N) is 2. The van der Waals surface area contributed by atoms with Gasteiger partial charge in [-0.2, -0.15) is 0 Å². The molecule has 2 nitrogen and oxygen atoms in total. The monoisotopic (exact) mass is 490 g/mol. The Hall–Kier alpha value is -3.43. The Morgan fingerprint density at radius 3 is 2.36 bits per heavy atom. The molecule has 0 N–H and O–H groups in total. The van der Waals surface area contributed by atoms with Gasteiger partial charge >= 0.3 is 0 Å². The molecule has 0 saturated carbocycles. The molecule has 1 unspecified atom stereocenters. The molecule has 1 atom stereocenters.